The summed E-state index contributed by atoms with van der Waals surface area (Å²) in [6.45, 7) is 0. The van der Waals surface area contributed by atoms with Crippen molar-refractivity contribution < 1.29 is 9.53 Å². The topological polar surface area (TPSA) is 26.3 Å². The Hall–Kier alpha value is -0.400. The predicted molar refractivity (Wildman–Crippen MR) is 97.6 cm³/mol. The highest BCUT2D eigenvalue weighted by atomic mass is 127. The number of carbonyl (C=O) groups is 1. The maximum Gasteiger partial charge on any atom is 0.193 e. The summed E-state index contributed by atoms with van der Waals surface area (Å²) in [4.78, 5) is 12.1. The van der Waals surface area contributed by atoms with E-state index >= 15 is 0 Å². The van der Waals surface area contributed by atoms with Crippen molar-refractivity contribution in [3.63, 3.8) is 0 Å². The Kier molecular flexibility index (Phi) is 6.51. The van der Waals surface area contributed by atoms with Crippen molar-refractivity contribution in [1.29, 1.82) is 0 Å². The first-order chi connectivity index (χ1) is 9.70. The number of methoxy groups -OCH3 is 1. The number of hydrogen-bond acceptors (Lipinski definition) is 4. The fourth-order valence-electron chi connectivity index (χ4n) is 1.62. The van der Waals surface area contributed by atoms with Crippen LogP contribution < -0.4 is 4.74 Å². The largest absolute Gasteiger partial charge is 0.497 e. The first-order valence-corrected chi connectivity index (χ1v) is 9.27. The van der Waals surface area contributed by atoms with Crippen LogP contribution in [0, 0.1) is 0 Å². The molecule has 5 heteroatoms. The van der Waals surface area contributed by atoms with Crippen LogP contribution in [0.25, 0.3) is 6.08 Å². The molecule has 0 saturated carbocycles. The maximum atomic E-state index is 12.1. The van der Waals surface area contributed by atoms with Crippen LogP contribution in [-0.4, -0.2) is 24.4 Å². The van der Waals surface area contributed by atoms with Gasteiger partial charge in [0.25, 0.3) is 0 Å². The van der Waals surface area contributed by atoms with Gasteiger partial charge in [0.2, 0.25) is 0 Å². The second kappa shape index (κ2) is 8.14. The molecule has 1 aliphatic heterocycles. The Balaban J connectivity index is 2.04. The van der Waals surface area contributed by atoms with Gasteiger partial charge in [0, 0.05) is 0 Å². The number of allylic oxidation sites excluding steroid dienone is 2. The minimum Gasteiger partial charge on any atom is -0.497 e. The van der Waals surface area contributed by atoms with Crippen molar-refractivity contribution in [2.24, 2.45) is 0 Å². The quantitative estimate of drug-likeness (QED) is 0.521. The lowest BCUT2D eigenvalue weighted by atomic mass is 10.2. The molecule has 1 aliphatic rings. The molecule has 1 fully saturated rings. The molecule has 1 saturated heterocycles. The molecule has 2 nitrogen and oxygen atoms in total. The zero-order valence-electron chi connectivity index (χ0n) is 11.1. The van der Waals surface area contributed by atoms with E-state index < -0.39 is 0 Å². The average molecular weight is 418 g/mol. The minimum atomic E-state index is 0.0818. The molecular formula is C15H15IO2S2. The van der Waals surface area contributed by atoms with Gasteiger partial charge < -0.3 is 4.74 Å². The molecule has 1 aromatic carbocycles. The lowest BCUT2D eigenvalue weighted by Gasteiger charge is -2.13. The molecule has 0 aromatic heterocycles. The van der Waals surface area contributed by atoms with E-state index in [9.17, 15) is 4.79 Å². The van der Waals surface area contributed by atoms with E-state index in [0.29, 0.717) is 0 Å². The number of halogens is 1. The highest BCUT2D eigenvalue weighted by Gasteiger charge is 2.14. The number of carbonyl (C=O) groups excluding carboxylic acids is 1. The fourth-order valence-corrected chi connectivity index (χ4v) is 5.15. The van der Waals surface area contributed by atoms with Crippen LogP contribution in [0.2, 0.25) is 0 Å². The lowest BCUT2D eigenvalue weighted by molar-refractivity contribution is -0.110. The average Bonchev–Trinajstić information content (AvgIpc) is 2.53. The van der Waals surface area contributed by atoms with Crippen molar-refractivity contribution in [2.45, 2.75) is 6.42 Å². The smallest absolute Gasteiger partial charge is 0.193 e. The summed E-state index contributed by atoms with van der Waals surface area (Å²) in [6.07, 6.45) is 4.71. The van der Waals surface area contributed by atoms with Crippen LogP contribution in [0.1, 0.15) is 12.0 Å². The molecule has 0 atom stereocenters. The van der Waals surface area contributed by atoms with Gasteiger partial charge in [-0.05, 0) is 64.3 Å². The van der Waals surface area contributed by atoms with Crippen LogP contribution >= 0.6 is 46.1 Å². The van der Waals surface area contributed by atoms with E-state index in [4.69, 9.17) is 4.74 Å². The van der Waals surface area contributed by atoms with E-state index in [1.807, 2.05) is 30.3 Å². The molecule has 0 bridgehead atoms. The first-order valence-electron chi connectivity index (χ1n) is 6.22. The predicted octanol–water partition coefficient (Wildman–Crippen LogP) is 4.75. The van der Waals surface area contributed by atoms with Gasteiger partial charge >= 0.3 is 0 Å². The molecule has 106 valence electrons. The van der Waals surface area contributed by atoms with E-state index in [1.165, 1.54) is 10.7 Å². The normalized spacial score (nSPS) is 15.4. The second-order valence-corrected chi connectivity index (χ2v) is 7.67. The summed E-state index contributed by atoms with van der Waals surface area (Å²) < 4.78 is 7.11. The van der Waals surface area contributed by atoms with E-state index in [2.05, 4.69) is 22.6 Å². The molecule has 2 rings (SSSR count). The van der Waals surface area contributed by atoms with Gasteiger partial charge in [-0.2, -0.15) is 0 Å². The van der Waals surface area contributed by atoms with Gasteiger partial charge in [0.05, 0.1) is 14.9 Å². The minimum absolute atomic E-state index is 0.0818. The van der Waals surface area contributed by atoms with Crippen LogP contribution in [0.15, 0.2) is 38.2 Å². The Labute approximate surface area is 141 Å². The third kappa shape index (κ3) is 4.56. The first kappa shape index (κ1) is 16.0. The molecule has 0 amide bonds. The molecule has 0 spiro atoms. The Morgan fingerprint density at radius 1 is 1.25 bits per heavy atom. The summed E-state index contributed by atoms with van der Waals surface area (Å²) in [5.41, 5.74) is 0.998. The second-order valence-electron chi connectivity index (χ2n) is 4.12. The van der Waals surface area contributed by atoms with Crippen LogP contribution in [0.3, 0.4) is 0 Å². The van der Waals surface area contributed by atoms with Gasteiger partial charge in [0.1, 0.15) is 5.75 Å². The monoisotopic (exact) mass is 418 g/mol. The standard InChI is InChI=1S/C15H15IO2S2/c1-18-12-6-3-11(4-7-12)5-8-13(17)14(16)15-19-9-2-10-20-15/h3-8H,2,9-10H2,1H3/b8-5+. The van der Waals surface area contributed by atoms with E-state index in [1.54, 1.807) is 36.7 Å². The summed E-state index contributed by atoms with van der Waals surface area (Å²) in [5.74, 6) is 3.13. The van der Waals surface area contributed by atoms with Crippen LogP contribution in [0.4, 0.5) is 0 Å². The van der Waals surface area contributed by atoms with Gasteiger partial charge in [-0.3, -0.25) is 4.79 Å². The Morgan fingerprint density at radius 2 is 1.90 bits per heavy atom. The zero-order chi connectivity index (χ0) is 14.4. The van der Waals surface area contributed by atoms with E-state index in [0.717, 1.165) is 26.4 Å². The lowest BCUT2D eigenvalue weighted by Crippen LogP contribution is -1.98. The van der Waals surface area contributed by atoms with Crippen molar-refractivity contribution in [3.8, 4) is 5.75 Å². The highest BCUT2D eigenvalue weighted by molar-refractivity contribution is 14.1. The Bertz CT molecular complexity index is 527. The number of hydrogen-bond donors (Lipinski definition) is 0. The number of ketones is 1. The molecule has 0 aliphatic carbocycles. The third-order valence-corrected chi connectivity index (χ3v) is 7.12. The molecule has 20 heavy (non-hydrogen) atoms. The number of ether oxygens (including phenoxy) is 1. The molecule has 1 aromatic rings. The molecule has 0 radical (unpaired) electrons. The van der Waals surface area contributed by atoms with Crippen molar-refractivity contribution in [1.82, 2.24) is 0 Å². The molecule has 1 heterocycles. The van der Waals surface area contributed by atoms with E-state index in [-0.39, 0.29) is 5.78 Å². The van der Waals surface area contributed by atoms with Gasteiger partial charge in [-0.25, -0.2) is 0 Å². The number of benzene rings is 1. The zero-order valence-corrected chi connectivity index (χ0v) is 14.9. The highest BCUT2D eigenvalue weighted by Crippen LogP contribution is 2.39. The van der Waals surface area contributed by atoms with Gasteiger partial charge in [-0.1, -0.05) is 18.2 Å². The molecule has 0 unspecified atom stereocenters. The van der Waals surface area contributed by atoms with Crippen LogP contribution in [-0.2, 0) is 4.79 Å². The summed E-state index contributed by atoms with van der Waals surface area (Å²) in [5, 5.41) is 0. The third-order valence-electron chi connectivity index (χ3n) is 2.69. The Morgan fingerprint density at radius 3 is 2.50 bits per heavy atom. The summed E-state index contributed by atoms with van der Waals surface area (Å²) >= 11 is 5.74. The fraction of sp³-hybridized carbons (Fsp3) is 0.267. The summed E-state index contributed by atoms with van der Waals surface area (Å²) in [6, 6.07) is 7.65. The maximum absolute atomic E-state index is 12.1. The van der Waals surface area contributed by atoms with Crippen molar-refractivity contribution >= 4 is 58.0 Å². The van der Waals surface area contributed by atoms with Gasteiger partial charge in [0.15, 0.2) is 5.78 Å². The molecular weight excluding hydrogens is 403 g/mol. The SMILES string of the molecule is COc1ccc(/C=C/C(=O)C(I)=C2SCCCS2)cc1. The van der Waals surface area contributed by atoms with Gasteiger partial charge in [-0.15, -0.1) is 23.5 Å². The van der Waals surface area contributed by atoms with Crippen molar-refractivity contribution in [2.75, 3.05) is 18.6 Å². The number of thioether (sulfide) groups is 2. The van der Waals surface area contributed by atoms with Crippen molar-refractivity contribution in [3.05, 3.63) is 43.7 Å². The summed E-state index contributed by atoms with van der Waals surface area (Å²) in [7, 11) is 1.64. The molecule has 0 N–H and O–H groups in total. The number of rotatable bonds is 4. The van der Waals surface area contributed by atoms with Crippen LogP contribution in [0.5, 0.6) is 5.75 Å².